The van der Waals surface area contributed by atoms with Crippen molar-refractivity contribution in [3.05, 3.63) is 53.7 Å². The smallest absolute Gasteiger partial charge is 0.274 e. The first-order chi connectivity index (χ1) is 14.1. The second-order valence-electron chi connectivity index (χ2n) is 7.29. The number of furan rings is 1. The van der Waals surface area contributed by atoms with Gasteiger partial charge in [-0.2, -0.15) is 5.10 Å². The summed E-state index contributed by atoms with van der Waals surface area (Å²) < 4.78 is 20.8. The molecule has 4 aromatic rings. The number of piperidine rings is 1. The van der Waals surface area contributed by atoms with Crippen molar-refractivity contribution in [2.75, 3.05) is 13.1 Å². The molecule has 5 rings (SSSR count). The predicted molar refractivity (Wildman–Crippen MR) is 103 cm³/mol. The Bertz CT molecular complexity index is 1190. The van der Waals surface area contributed by atoms with Crippen molar-refractivity contribution in [2.24, 2.45) is 0 Å². The molecule has 8 nitrogen and oxygen atoms in total. The number of fused-ring (bicyclic) bond motifs is 1. The molecule has 1 aliphatic rings. The molecule has 1 saturated heterocycles. The van der Waals surface area contributed by atoms with Crippen LogP contribution in [0.4, 0.5) is 4.39 Å². The minimum atomic E-state index is -0.342. The second-order valence-corrected chi connectivity index (χ2v) is 7.29. The Kier molecular flexibility index (Phi) is 4.15. The van der Waals surface area contributed by atoms with Gasteiger partial charge < -0.3 is 9.32 Å². The number of likely N-dealkylation sites (tertiary alicyclic amines) is 1. The van der Waals surface area contributed by atoms with E-state index >= 15 is 0 Å². The monoisotopic (exact) mass is 394 g/mol. The summed E-state index contributed by atoms with van der Waals surface area (Å²) in [5.41, 5.74) is 2.29. The molecule has 3 aromatic heterocycles. The third-order valence-electron chi connectivity index (χ3n) is 5.27. The molecule has 4 heterocycles. The summed E-state index contributed by atoms with van der Waals surface area (Å²) in [7, 11) is 0. The van der Waals surface area contributed by atoms with Crippen LogP contribution in [0.25, 0.3) is 22.5 Å². The third-order valence-corrected chi connectivity index (χ3v) is 5.27. The Balaban J connectivity index is 1.36. The predicted octanol–water partition coefficient (Wildman–Crippen LogP) is 3.34. The molecule has 0 unspecified atom stereocenters. The van der Waals surface area contributed by atoms with Crippen LogP contribution in [0.5, 0.6) is 0 Å². The van der Waals surface area contributed by atoms with E-state index in [1.165, 1.54) is 12.1 Å². The maximum Gasteiger partial charge on any atom is 0.274 e. The van der Waals surface area contributed by atoms with E-state index in [0.717, 1.165) is 24.1 Å². The first-order valence-electron chi connectivity index (χ1n) is 9.50. The van der Waals surface area contributed by atoms with Gasteiger partial charge in [0.05, 0.1) is 11.6 Å². The van der Waals surface area contributed by atoms with Crippen molar-refractivity contribution in [3.63, 3.8) is 0 Å². The summed E-state index contributed by atoms with van der Waals surface area (Å²) in [6.07, 6.45) is 1.71. The molecule has 29 heavy (non-hydrogen) atoms. The van der Waals surface area contributed by atoms with Crippen molar-refractivity contribution in [1.29, 1.82) is 0 Å². The molecule has 9 heteroatoms. The highest BCUT2D eigenvalue weighted by Gasteiger charge is 2.28. The SMILES string of the molecule is Cc1ccc(-c2cc(C(=O)N3CCC[C@@H](n4nnc5cc(F)ccc54)C3)n[nH]2)o1. The molecule has 1 aromatic carbocycles. The number of aryl methyl sites for hydroxylation is 1. The summed E-state index contributed by atoms with van der Waals surface area (Å²) in [5, 5.41) is 15.3. The average molecular weight is 394 g/mol. The van der Waals surface area contributed by atoms with E-state index < -0.39 is 0 Å². The molecule has 0 saturated carbocycles. The zero-order valence-electron chi connectivity index (χ0n) is 15.8. The molecule has 1 N–H and O–H groups in total. The number of halogens is 1. The molecule has 1 aliphatic heterocycles. The van der Waals surface area contributed by atoms with E-state index in [4.69, 9.17) is 4.42 Å². The van der Waals surface area contributed by atoms with Gasteiger partial charge in [0.15, 0.2) is 11.5 Å². The number of benzene rings is 1. The highest BCUT2D eigenvalue weighted by molar-refractivity contribution is 5.93. The average Bonchev–Trinajstić information content (AvgIpc) is 3.46. The first-order valence-corrected chi connectivity index (χ1v) is 9.50. The minimum Gasteiger partial charge on any atom is -0.460 e. The normalized spacial score (nSPS) is 17.2. The fraction of sp³-hybridized carbons (Fsp3) is 0.300. The van der Waals surface area contributed by atoms with E-state index in [2.05, 4.69) is 20.5 Å². The van der Waals surface area contributed by atoms with Crippen LogP contribution in [-0.4, -0.2) is 49.1 Å². The number of carbonyl (C=O) groups excluding carboxylic acids is 1. The van der Waals surface area contributed by atoms with Crippen molar-refractivity contribution in [3.8, 4) is 11.5 Å². The topological polar surface area (TPSA) is 92.8 Å². The molecule has 0 bridgehead atoms. The maximum atomic E-state index is 13.4. The van der Waals surface area contributed by atoms with Crippen LogP contribution in [0.1, 0.15) is 35.1 Å². The fourth-order valence-corrected chi connectivity index (χ4v) is 3.82. The van der Waals surface area contributed by atoms with Crippen LogP contribution in [0.2, 0.25) is 0 Å². The van der Waals surface area contributed by atoms with Gasteiger partial charge in [-0.05, 0) is 44.0 Å². The van der Waals surface area contributed by atoms with Crippen LogP contribution in [-0.2, 0) is 0 Å². The maximum absolute atomic E-state index is 13.4. The van der Waals surface area contributed by atoms with Gasteiger partial charge in [0.1, 0.15) is 22.8 Å². The van der Waals surface area contributed by atoms with Crippen LogP contribution in [0, 0.1) is 12.7 Å². The molecule has 1 atom stereocenters. The van der Waals surface area contributed by atoms with Gasteiger partial charge in [0, 0.05) is 25.2 Å². The first kappa shape index (κ1) is 17.6. The van der Waals surface area contributed by atoms with Gasteiger partial charge in [-0.25, -0.2) is 9.07 Å². The van der Waals surface area contributed by atoms with E-state index in [1.807, 2.05) is 19.1 Å². The Morgan fingerprint density at radius 1 is 1.28 bits per heavy atom. The number of hydrogen-bond donors (Lipinski definition) is 1. The Labute approximate surface area is 165 Å². The zero-order valence-corrected chi connectivity index (χ0v) is 15.8. The molecule has 0 aliphatic carbocycles. The van der Waals surface area contributed by atoms with Gasteiger partial charge in [-0.3, -0.25) is 9.89 Å². The Hall–Kier alpha value is -3.49. The number of H-pyrrole nitrogens is 1. The molecule has 1 amide bonds. The quantitative estimate of drug-likeness (QED) is 0.575. The van der Waals surface area contributed by atoms with Gasteiger partial charge >= 0.3 is 0 Å². The summed E-state index contributed by atoms with van der Waals surface area (Å²) in [6.45, 7) is 3.01. The lowest BCUT2D eigenvalue weighted by Gasteiger charge is -2.32. The number of nitrogens with zero attached hydrogens (tertiary/aromatic N) is 5. The zero-order chi connectivity index (χ0) is 20.0. The molecule has 0 radical (unpaired) electrons. The molecular weight excluding hydrogens is 375 g/mol. The largest absolute Gasteiger partial charge is 0.460 e. The van der Waals surface area contributed by atoms with Gasteiger partial charge in [0.2, 0.25) is 0 Å². The Morgan fingerprint density at radius 2 is 2.17 bits per heavy atom. The summed E-state index contributed by atoms with van der Waals surface area (Å²) in [6, 6.07) is 9.83. The molecular formula is C20H19FN6O2. The number of carbonyl (C=O) groups is 1. The number of rotatable bonds is 3. The highest BCUT2D eigenvalue weighted by Crippen LogP contribution is 2.26. The van der Waals surface area contributed by atoms with Crippen LogP contribution in [0.3, 0.4) is 0 Å². The number of nitrogens with one attached hydrogen (secondary N) is 1. The highest BCUT2D eigenvalue weighted by atomic mass is 19.1. The number of hydrogen-bond acceptors (Lipinski definition) is 5. The van der Waals surface area contributed by atoms with E-state index in [9.17, 15) is 9.18 Å². The molecule has 0 spiro atoms. The van der Waals surface area contributed by atoms with Crippen molar-refractivity contribution < 1.29 is 13.6 Å². The number of aromatic nitrogens is 5. The van der Waals surface area contributed by atoms with Crippen LogP contribution >= 0.6 is 0 Å². The summed E-state index contributed by atoms with van der Waals surface area (Å²) in [5.74, 6) is 0.954. The second kappa shape index (κ2) is 6.84. The van der Waals surface area contributed by atoms with Gasteiger partial charge in [-0.1, -0.05) is 5.21 Å². The lowest BCUT2D eigenvalue weighted by molar-refractivity contribution is 0.0668. The lowest BCUT2D eigenvalue weighted by atomic mass is 10.1. The van der Waals surface area contributed by atoms with Crippen LogP contribution in [0.15, 0.2) is 40.8 Å². The van der Waals surface area contributed by atoms with Gasteiger partial charge in [-0.15, -0.1) is 5.10 Å². The van der Waals surface area contributed by atoms with Crippen LogP contribution < -0.4 is 0 Å². The molecule has 148 valence electrons. The van der Waals surface area contributed by atoms with Gasteiger partial charge in [0.25, 0.3) is 5.91 Å². The Morgan fingerprint density at radius 3 is 3.00 bits per heavy atom. The molecule has 1 fully saturated rings. The van der Waals surface area contributed by atoms with Crippen molar-refractivity contribution in [1.82, 2.24) is 30.1 Å². The third kappa shape index (κ3) is 3.18. The standard InChI is InChI=1S/C20H19FN6O2/c1-12-4-7-19(29-12)16-10-17(23-22-16)20(28)26-8-2-3-14(11-26)27-18-6-5-13(21)9-15(18)24-25-27/h4-7,9-10,14H,2-3,8,11H2,1H3,(H,22,23)/t14-/m1/s1. The summed E-state index contributed by atoms with van der Waals surface area (Å²) in [4.78, 5) is 14.8. The number of amides is 1. The van der Waals surface area contributed by atoms with E-state index in [0.29, 0.717) is 35.8 Å². The van der Waals surface area contributed by atoms with Crippen molar-refractivity contribution in [2.45, 2.75) is 25.8 Å². The lowest BCUT2D eigenvalue weighted by Crippen LogP contribution is -2.41. The summed E-state index contributed by atoms with van der Waals surface area (Å²) >= 11 is 0. The van der Waals surface area contributed by atoms with E-state index in [-0.39, 0.29) is 17.8 Å². The van der Waals surface area contributed by atoms with E-state index in [1.54, 1.807) is 21.7 Å². The fourth-order valence-electron chi connectivity index (χ4n) is 3.82. The van der Waals surface area contributed by atoms with Crippen molar-refractivity contribution >= 4 is 16.9 Å². The minimum absolute atomic E-state index is 0.0192. The number of aromatic amines is 1.